The normalized spacial score (nSPS) is 11.2. The average molecular weight is 398 g/mol. The van der Waals surface area contributed by atoms with Gasteiger partial charge >= 0.3 is 0 Å². The summed E-state index contributed by atoms with van der Waals surface area (Å²) in [7, 11) is -2.25. The van der Waals surface area contributed by atoms with Gasteiger partial charge in [0.1, 0.15) is 5.76 Å². The number of hydrogen-bond acceptors (Lipinski definition) is 4. The molecular weight excluding hydrogens is 376 g/mol. The van der Waals surface area contributed by atoms with Gasteiger partial charge in [0.25, 0.3) is 15.9 Å². The number of anilines is 1. The van der Waals surface area contributed by atoms with Crippen molar-refractivity contribution < 1.29 is 17.6 Å². The van der Waals surface area contributed by atoms with Crippen LogP contribution in [0.5, 0.6) is 0 Å². The molecule has 0 bridgehead atoms. The highest BCUT2D eigenvalue weighted by molar-refractivity contribution is 7.92. The van der Waals surface area contributed by atoms with Gasteiger partial charge in [0, 0.05) is 12.6 Å². The van der Waals surface area contributed by atoms with Gasteiger partial charge in [0.2, 0.25) is 0 Å². The molecule has 0 saturated heterocycles. The van der Waals surface area contributed by atoms with Crippen LogP contribution in [-0.4, -0.2) is 21.4 Å². The number of aryl methyl sites for hydroxylation is 2. The number of amides is 1. The number of nitrogens with zero attached hydrogens (tertiary/aromatic N) is 1. The Kier molecular flexibility index (Phi) is 5.56. The van der Waals surface area contributed by atoms with Crippen molar-refractivity contribution in [1.29, 1.82) is 0 Å². The second-order valence-corrected chi connectivity index (χ2v) is 8.52. The van der Waals surface area contributed by atoms with Crippen molar-refractivity contribution in [3.05, 3.63) is 83.3 Å². The summed E-state index contributed by atoms with van der Waals surface area (Å²) in [6.07, 6.45) is 1.54. The van der Waals surface area contributed by atoms with Crippen molar-refractivity contribution >= 4 is 21.6 Å². The summed E-state index contributed by atoms with van der Waals surface area (Å²) in [5, 5.41) is 2.76. The van der Waals surface area contributed by atoms with Crippen LogP contribution < -0.4 is 9.62 Å². The van der Waals surface area contributed by atoms with Crippen LogP contribution in [0, 0.1) is 13.8 Å². The molecule has 1 amide bonds. The lowest BCUT2D eigenvalue weighted by atomic mass is 10.1. The first-order valence-corrected chi connectivity index (χ1v) is 10.2. The molecule has 0 aliphatic carbocycles. The molecule has 0 atom stereocenters. The quantitative estimate of drug-likeness (QED) is 0.687. The molecule has 3 rings (SSSR count). The number of rotatable bonds is 6. The van der Waals surface area contributed by atoms with Crippen molar-refractivity contribution in [2.45, 2.75) is 25.3 Å². The zero-order valence-corrected chi connectivity index (χ0v) is 16.8. The van der Waals surface area contributed by atoms with Gasteiger partial charge in [-0.3, -0.25) is 9.10 Å². The fourth-order valence-corrected chi connectivity index (χ4v) is 4.02. The molecule has 28 heavy (non-hydrogen) atoms. The lowest BCUT2D eigenvalue weighted by molar-refractivity contribution is 0.0948. The van der Waals surface area contributed by atoms with E-state index in [2.05, 4.69) is 5.32 Å². The third kappa shape index (κ3) is 4.09. The van der Waals surface area contributed by atoms with Gasteiger partial charge < -0.3 is 9.73 Å². The van der Waals surface area contributed by atoms with Gasteiger partial charge in [-0.1, -0.05) is 23.8 Å². The van der Waals surface area contributed by atoms with Crippen molar-refractivity contribution in [3.63, 3.8) is 0 Å². The van der Waals surface area contributed by atoms with Gasteiger partial charge in [0.05, 0.1) is 23.4 Å². The largest absolute Gasteiger partial charge is 0.467 e. The third-order valence-corrected chi connectivity index (χ3v) is 6.28. The topological polar surface area (TPSA) is 79.6 Å². The van der Waals surface area contributed by atoms with Gasteiger partial charge in [0.15, 0.2) is 0 Å². The van der Waals surface area contributed by atoms with Crippen molar-refractivity contribution in [1.82, 2.24) is 5.32 Å². The lowest BCUT2D eigenvalue weighted by Gasteiger charge is -2.22. The van der Waals surface area contributed by atoms with E-state index in [1.807, 2.05) is 6.92 Å². The minimum Gasteiger partial charge on any atom is -0.467 e. The van der Waals surface area contributed by atoms with Crippen LogP contribution in [0.1, 0.15) is 27.2 Å². The highest BCUT2D eigenvalue weighted by Gasteiger charge is 2.23. The standard InChI is InChI=1S/C21H22N2O4S/c1-15-6-10-19(11-7-15)28(25,26)23(3)20-13-17(9-8-16(20)2)21(24)22-14-18-5-4-12-27-18/h4-13H,14H2,1-3H3,(H,22,24). The highest BCUT2D eigenvalue weighted by atomic mass is 32.2. The molecule has 1 heterocycles. The van der Waals surface area contributed by atoms with Gasteiger partial charge in [-0.2, -0.15) is 0 Å². The van der Waals surface area contributed by atoms with Crippen LogP contribution in [0.25, 0.3) is 0 Å². The number of sulfonamides is 1. The smallest absolute Gasteiger partial charge is 0.264 e. The predicted octanol–water partition coefficient (Wildman–Crippen LogP) is 3.65. The Hall–Kier alpha value is -3.06. The molecule has 3 aromatic rings. The second kappa shape index (κ2) is 7.90. The molecular formula is C21H22N2O4S. The fraction of sp³-hybridized carbons (Fsp3) is 0.190. The van der Waals surface area contributed by atoms with E-state index in [1.54, 1.807) is 61.5 Å². The Labute approximate surface area is 164 Å². The molecule has 0 unspecified atom stereocenters. The van der Waals surface area contributed by atoms with E-state index in [0.29, 0.717) is 17.0 Å². The first kappa shape index (κ1) is 19.7. The van der Waals surface area contributed by atoms with Crippen LogP contribution in [0.2, 0.25) is 0 Å². The Morgan fingerprint density at radius 3 is 2.43 bits per heavy atom. The first-order chi connectivity index (χ1) is 13.3. The van der Waals surface area contributed by atoms with E-state index in [0.717, 1.165) is 11.1 Å². The molecule has 0 aliphatic rings. The van der Waals surface area contributed by atoms with E-state index in [-0.39, 0.29) is 17.3 Å². The van der Waals surface area contributed by atoms with Crippen molar-refractivity contribution in [3.8, 4) is 0 Å². The second-order valence-electron chi connectivity index (χ2n) is 6.55. The van der Waals surface area contributed by atoms with Gasteiger partial charge in [-0.05, 0) is 55.8 Å². The predicted molar refractivity (Wildman–Crippen MR) is 108 cm³/mol. The van der Waals surface area contributed by atoms with E-state index in [1.165, 1.54) is 17.6 Å². The summed E-state index contributed by atoms with van der Waals surface area (Å²) in [5.41, 5.74) is 2.55. The third-order valence-electron chi connectivity index (χ3n) is 4.49. The molecule has 2 aromatic carbocycles. The van der Waals surface area contributed by atoms with Crippen LogP contribution in [0.4, 0.5) is 5.69 Å². The highest BCUT2D eigenvalue weighted by Crippen LogP contribution is 2.26. The molecule has 0 spiro atoms. The number of benzene rings is 2. The maximum absolute atomic E-state index is 13.0. The maximum atomic E-state index is 13.0. The van der Waals surface area contributed by atoms with Crippen LogP contribution in [0.15, 0.2) is 70.2 Å². The lowest BCUT2D eigenvalue weighted by Crippen LogP contribution is -2.28. The molecule has 6 nitrogen and oxygen atoms in total. The Bertz CT molecular complexity index is 1070. The number of furan rings is 1. The van der Waals surface area contributed by atoms with E-state index in [4.69, 9.17) is 4.42 Å². The molecule has 0 radical (unpaired) electrons. The minimum atomic E-state index is -3.73. The van der Waals surface area contributed by atoms with Gasteiger partial charge in [-0.25, -0.2) is 8.42 Å². The SMILES string of the molecule is Cc1ccc(S(=O)(=O)N(C)c2cc(C(=O)NCc3ccco3)ccc2C)cc1. The summed E-state index contributed by atoms with van der Waals surface area (Å²) in [4.78, 5) is 12.7. The number of hydrogen-bond donors (Lipinski definition) is 1. The summed E-state index contributed by atoms with van der Waals surface area (Å²) < 4.78 is 32.3. The number of nitrogens with one attached hydrogen (secondary N) is 1. The maximum Gasteiger partial charge on any atom is 0.264 e. The Morgan fingerprint density at radius 2 is 1.79 bits per heavy atom. The fourth-order valence-electron chi connectivity index (χ4n) is 2.77. The minimum absolute atomic E-state index is 0.202. The molecule has 7 heteroatoms. The zero-order valence-electron chi connectivity index (χ0n) is 16.0. The molecule has 1 N–H and O–H groups in total. The summed E-state index contributed by atoms with van der Waals surface area (Å²) in [6.45, 7) is 3.96. The average Bonchev–Trinajstić information content (AvgIpc) is 3.20. The van der Waals surface area contributed by atoms with E-state index >= 15 is 0 Å². The number of carbonyl (C=O) groups is 1. The molecule has 1 aromatic heterocycles. The number of carbonyl (C=O) groups excluding carboxylic acids is 1. The van der Waals surface area contributed by atoms with E-state index < -0.39 is 10.0 Å². The molecule has 0 saturated carbocycles. The molecule has 146 valence electrons. The monoisotopic (exact) mass is 398 g/mol. The summed E-state index contributed by atoms with van der Waals surface area (Å²) in [5.74, 6) is 0.332. The van der Waals surface area contributed by atoms with Gasteiger partial charge in [-0.15, -0.1) is 0 Å². The zero-order chi connectivity index (χ0) is 20.3. The van der Waals surface area contributed by atoms with Crippen LogP contribution in [0.3, 0.4) is 0 Å². The Balaban J connectivity index is 1.85. The van der Waals surface area contributed by atoms with Crippen molar-refractivity contribution in [2.24, 2.45) is 0 Å². The molecule has 0 fully saturated rings. The van der Waals surface area contributed by atoms with Crippen LogP contribution in [-0.2, 0) is 16.6 Å². The first-order valence-electron chi connectivity index (χ1n) is 8.76. The summed E-state index contributed by atoms with van der Waals surface area (Å²) in [6, 6.07) is 15.2. The Morgan fingerprint density at radius 1 is 1.07 bits per heavy atom. The summed E-state index contributed by atoms with van der Waals surface area (Å²) >= 11 is 0. The van der Waals surface area contributed by atoms with Crippen molar-refractivity contribution in [2.75, 3.05) is 11.4 Å². The molecule has 0 aliphatic heterocycles. The van der Waals surface area contributed by atoms with E-state index in [9.17, 15) is 13.2 Å². The van der Waals surface area contributed by atoms with Crippen LogP contribution >= 0.6 is 0 Å².